The topological polar surface area (TPSA) is 98.8 Å². The summed E-state index contributed by atoms with van der Waals surface area (Å²) in [4.78, 5) is 29.9. The second kappa shape index (κ2) is 12.6. The Kier molecular flexibility index (Phi) is 9.28. The van der Waals surface area contributed by atoms with Crippen LogP contribution in [0.2, 0.25) is 0 Å². The quantitative estimate of drug-likeness (QED) is 0.411. The number of rotatable bonds is 12. The van der Waals surface area contributed by atoms with E-state index in [9.17, 15) is 9.59 Å². The van der Waals surface area contributed by atoms with Crippen molar-refractivity contribution in [1.82, 2.24) is 15.6 Å². The maximum absolute atomic E-state index is 12.9. The SMILES string of the molecule is COc1cc(CCC(=O)N[C@H](Cc2ccccc2)C(=O)NCc2cscn2)cc(OC)c1OC. The molecule has 2 aromatic carbocycles. The van der Waals surface area contributed by atoms with E-state index in [0.717, 1.165) is 16.8 Å². The summed E-state index contributed by atoms with van der Waals surface area (Å²) in [6.07, 6.45) is 1.03. The predicted octanol–water partition coefficient (Wildman–Crippen LogP) is 3.15. The summed E-state index contributed by atoms with van der Waals surface area (Å²) in [6.45, 7) is 0.314. The van der Waals surface area contributed by atoms with Gasteiger partial charge in [0.25, 0.3) is 0 Å². The van der Waals surface area contributed by atoms with Gasteiger partial charge in [0.05, 0.1) is 39.1 Å². The summed E-state index contributed by atoms with van der Waals surface area (Å²) in [5.41, 5.74) is 4.32. The van der Waals surface area contributed by atoms with Crippen molar-refractivity contribution in [2.45, 2.75) is 31.8 Å². The summed E-state index contributed by atoms with van der Waals surface area (Å²) in [5, 5.41) is 7.64. The molecule has 0 aliphatic rings. The predicted molar refractivity (Wildman–Crippen MR) is 130 cm³/mol. The molecule has 9 heteroatoms. The number of aryl methyl sites for hydroxylation is 1. The normalized spacial score (nSPS) is 11.4. The summed E-state index contributed by atoms with van der Waals surface area (Å²) < 4.78 is 16.1. The highest BCUT2D eigenvalue weighted by molar-refractivity contribution is 7.07. The molecule has 0 bridgehead atoms. The molecule has 0 aliphatic heterocycles. The molecular weight excluding hydrogens is 454 g/mol. The number of benzene rings is 2. The molecule has 2 N–H and O–H groups in total. The molecule has 2 amide bonds. The molecule has 3 aromatic rings. The maximum atomic E-state index is 12.9. The first-order valence-electron chi connectivity index (χ1n) is 10.8. The van der Waals surface area contributed by atoms with Gasteiger partial charge in [0.15, 0.2) is 11.5 Å². The van der Waals surface area contributed by atoms with Gasteiger partial charge < -0.3 is 24.8 Å². The average Bonchev–Trinajstić information content (AvgIpc) is 3.39. The van der Waals surface area contributed by atoms with Crippen LogP contribution < -0.4 is 24.8 Å². The number of hydrogen-bond acceptors (Lipinski definition) is 7. The Morgan fingerprint density at radius 1 is 1.00 bits per heavy atom. The summed E-state index contributed by atoms with van der Waals surface area (Å²) in [6, 6.07) is 12.5. The van der Waals surface area contributed by atoms with Gasteiger partial charge in [0.2, 0.25) is 17.6 Å². The van der Waals surface area contributed by atoms with Gasteiger partial charge in [-0.2, -0.15) is 0 Å². The fourth-order valence-electron chi connectivity index (χ4n) is 3.49. The number of nitrogens with zero attached hydrogens (tertiary/aromatic N) is 1. The highest BCUT2D eigenvalue weighted by atomic mass is 32.1. The smallest absolute Gasteiger partial charge is 0.243 e. The Labute approximate surface area is 203 Å². The minimum Gasteiger partial charge on any atom is -0.493 e. The van der Waals surface area contributed by atoms with E-state index in [-0.39, 0.29) is 18.2 Å². The number of aromatic nitrogens is 1. The fraction of sp³-hybridized carbons (Fsp3) is 0.320. The van der Waals surface area contributed by atoms with Crippen LogP contribution in [-0.4, -0.2) is 44.2 Å². The largest absolute Gasteiger partial charge is 0.493 e. The first-order valence-corrected chi connectivity index (χ1v) is 11.7. The first-order chi connectivity index (χ1) is 16.5. The van der Waals surface area contributed by atoms with Gasteiger partial charge >= 0.3 is 0 Å². The molecule has 0 radical (unpaired) electrons. The Bertz CT molecular complexity index is 1050. The maximum Gasteiger partial charge on any atom is 0.243 e. The van der Waals surface area contributed by atoms with E-state index in [0.29, 0.717) is 36.6 Å². The van der Waals surface area contributed by atoms with E-state index in [1.807, 2.05) is 47.8 Å². The van der Waals surface area contributed by atoms with Crippen molar-refractivity contribution in [2.24, 2.45) is 0 Å². The van der Waals surface area contributed by atoms with E-state index in [1.165, 1.54) is 11.3 Å². The number of amides is 2. The molecule has 0 fully saturated rings. The molecule has 1 heterocycles. The van der Waals surface area contributed by atoms with E-state index in [4.69, 9.17) is 14.2 Å². The van der Waals surface area contributed by atoms with Crippen LogP contribution >= 0.6 is 11.3 Å². The van der Waals surface area contributed by atoms with Gasteiger partial charge in [-0.05, 0) is 29.7 Å². The van der Waals surface area contributed by atoms with Gasteiger partial charge in [0, 0.05) is 18.2 Å². The number of carbonyl (C=O) groups excluding carboxylic acids is 2. The van der Waals surface area contributed by atoms with Crippen LogP contribution in [0.3, 0.4) is 0 Å². The molecule has 3 rings (SSSR count). The number of ether oxygens (including phenoxy) is 3. The van der Waals surface area contributed by atoms with E-state index >= 15 is 0 Å². The van der Waals surface area contributed by atoms with E-state index in [2.05, 4.69) is 15.6 Å². The Hall–Kier alpha value is -3.59. The third kappa shape index (κ3) is 6.95. The molecule has 0 saturated carbocycles. The minimum absolute atomic E-state index is 0.198. The monoisotopic (exact) mass is 483 g/mol. The minimum atomic E-state index is -0.700. The third-order valence-electron chi connectivity index (χ3n) is 5.23. The molecule has 1 aromatic heterocycles. The summed E-state index contributed by atoms with van der Waals surface area (Å²) in [7, 11) is 4.64. The molecule has 0 saturated heterocycles. The van der Waals surface area contributed by atoms with E-state index < -0.39 is 6.04 Å². The highest BCUT2D eigenvalue weighted by Crippen LogP contribution is 2.38. The molecule has 0 aliphatic carbocycles. The van der Waals surface area contributed by atoms with Crippen molar-refractivity contribution in [1.29, 1.82) is 0 Å². The zero-order valence-corrected chi connectivity index (χ0v) is 20.3. The molecule has 34 heavy (non-hydrogen) atoms. The van der Waals surface area contributed by atoms with Crippen LogP contribution in [0.5, 0.6) is 17.2 Å². The third-order valence-corrected chi connectivity index (χ3v) is 5.86. The van der Waals surface area contributed by atoms with Crippen LogP contribution in [0, 0.1) is 0 Å². The Morgan fingerprint density at radius 3 is 2.29 bits per heavy atom. The standard InChI is InChI=1S/C25H29N3O5S/c1-31-21-12-18(13-22(32-2)24(21)33-3)9-10-23(29)28-20(11-17-7-5-4-6-8-17)25(30)26-14-19-15-34-16-27-19/h4-8,12-13,15-16,20H,9-11,14H2,1-3H3,(H,26,30)(H,28,29)/t20-/m1/s1. The summed E-state index contributed by atoms with van der Waals surface area (Å²) >= 11 is 1.47. The lowest BCUT2D eigenvalue weighted by atomic mass is 10.0. The van der Waals surface area contributed by atoms with Gasteiger partial charge in [0.1, 0.15) is 6.04 Å². The lowest BCUT2D eigenvalue weighted by Crippen LogP contribution is -2.47. The van der Waals surface area contributed by atoms with Crippen molar-refractivity contribution >= 4 is 23.2 Å². The number of hydrogen-bond donors (Lipinski definition) is 2. The lowest BCUT2D eigenvalue weighted by Gasteiger charge is -2.19. The number of thiazole rings is 1. The second-order valence-electron chi connectivity index (χ2n) is 7.54. The molecule has 8 nitrogen and oxygen atoms in total. The van der Waals surface area contributed by atoms with Crippen molar-refractivity contribution in [3.63, 3.8) is 0 Å². The lowest BCUT2D eigenvalue weighted by molar-refractivity contribution is -0.129. The number of carbonyl (C=O) groups is 2. The molecule has 180 valence electrons. The van der Waals surface area contributed by atoms with Crippen molar-refractivity contribution in [3.8, 4) is 17.2 Å². The average molecular weight is 484 g/mol. The van der Waals surface area contributed by atoms with Crippen LogP contribution in [0.25, 0.3) is 0 Å². The molecule has 1 atom stereocenters. The van der Waals surface area contributed by atoms with Gasteiger partial charge in [-0.3, -0.25) is 9.59 Å². The van der Waals surface area contributed by atoms with Crippen LogP contribution in [0.15, 0.2) is 53.4 Å². The number of nitrogens with one attached hydrogen (secondary N) is 2. The van der Waals surface area contributed by atoms with Crippen molar-refractivity contribution in [2.75, 3.05) is 21.3 Å². The summed E-state index contributed by atoms with van der Waals surface area (Å²) in [5.74, 6) is 1.08. The zero-order chi connectivity index (χ0) is 24.3. The Balaban J connectivity index is 1.65. The second-order valence-corrected chi connectivity index (χ2v) is 8.26. The van der Waals surface area contributed by atoms with Crippen LogP contribution in [0.1, 0.15) is 23.2 Å². The number of methoxy groups -OCH3 is 3. The van der Waals surface area contributed by atoms with E-state index in [1.54, 1.807) is 26.8 Å². The van der Waals surface area contributed by atoms with Crippen molar-refractivity contribution < 1.29 is 23.8 Å². The first kappa shape index (κ1) is 25.0. The highest BCUT2D eigenvalue weighted by Gasteiger charge is 2.22. The van der Waals surface area contributed by atoms with Gasteiger partial charge in [-0.25, -0.2) is 4.98 Å². The van der Waals surface area contributed by atoms with Crippen LogP contribution in [0.4, 0.5) is 0 Å². The molecule has 0 unspecified atom stereocenters. The van der Waals surface area contributed by atoms with Gasteiger partial charge in [-0.15, -0.1) is 11.3 Å². The Morgan fingerprint density at radius 2 is 1.71 bits per heavy atom. The fourth-order valence-corrected chi connectivity index (χ4v) is 4.05. The van der Waals surface area contributed by atoms with Gasteiger partial charge in [-0.1, -0.05) is 30.3 Å². The van der Waals surface area contributed by atoms with Crippen molar-refractivity contribution in [3.05, 3.63) is 70.2 Å². The molecular formula is C25H29N3O5S. The zero-order valence-electron chi connectivity index (χ0n) is 19.5. The van der Waals surface area contributed by atoms with Crippen LogP contribution in [-0.2, 0) is 29.0 Å². The molecule has 0 spiro atoms.